The number of nitro benzene ring substituents is 1. The number of aromatic nitrogens is 2. The van der Waals surface area contributed by atoms with Crippen LogP contribution in [0.2, 0.25) is 0 Å². The number of rotatable bonds is 17. The fourth-order valence-corrected chi connectivity index (χ4v) is 13.0. The molecular weight excluding hydrogens is 987 g/mol. The van der Waals surface area contributed by atoms with Gasteiger partial charge in [-0.1, -0.05) is 50.2 Å². The quantitative estimate of drug-likeness (QED) is 0.0582. The standard InChI is InChI=1S/C57H67N9O9S/c1-38(2)48-6-4-5-7-49(48)53-35-62(33-39-8-11-44(72-3)12-9-39)22-23-65(53)42-29-57(30-42)17-20-63(21-18-57)41-10-14-50(54(27-41)75-45-26-40-16-19-58-55(40)60-31-45)56(67)61-76(70,71)47-13-15-51(52(28-47)66(68)69)59-32-46-34-64(24-25-74-46)43-36-73-37-43/h4-16,19,26-28,31,38,42-43,46,53,59H,17-18,20-25,29-30,32-37H2,1-3H3,(H,58,60)(H,61,67)/t46-,53-/m0/s1. The highest BCUT2D eigenvalue weighted by atomic mass is 32.2. The van der Waals surface area contributed by atoms with E-state index in [0.29, 0.717) is 61.8 Å². The molecule has 400 valence electrons. The minimum Gasteiger partial charge on any atom is -0.497 e. The van der Waals surface area contributed by atoms with E-state index in [1.165, 1.54) is 28.8 Å². The first-order chi connectivity index (χ1) is 36.8. The number of morpholine rings is 1. The lowest BCUT2D eigenvalue weighted by Gasteiger charge is -2.58. The third-order valence-electron chi connectivity index (χ3n) is 16.4. The third kappa shape index (κ3) is 11.0. The Kier molecular flexibility index (Phi) is 14.8. The van der Waals surface area contributed by atoms with Gasteiger partial charge in [-0.15, -0.1) is 0 Å². The van der Waals surface area contributed by atoms with Crippen molar-refractivity contribution >= 4 is 44.0 Å². The Bertz CT molecular complexity index is 3170. The van der Waals surface area contributed by atoms with E-state index in [0.717, 1.165) is 94.4 Å². The van der Waals surface area contributed by atoms with Crippen LogP contribution in [-0.4, -0.2) is 141 Å². The third-order valence-corrected chi connectivity index (χ3v) is 17.7. The van der Waals surface area contributed by atoms with Crippen LogP contribution >= 0.6 is 0 Å². The molecule has 18 nitrogen and oxygen atoms in total. The van der Waals surface area contributed by atoms with Crippen molar-refractivity contribution in [3.05, 3.63) is 142 Å². The lowest BCUT2D eigenvalue weighted by atomic mass is 9.59. The van der Waals surface area contributed by atoms with Crippen LogP contribution in [-0.2, 0) is 26.0 Å². The predicted molar refractivity (Wildman–Crippen MR) is 290 cm³/mol. The van der Waals surface area contributed by atoms with Crippen LogP contribution < -0.4 is 24.4 Å². The number of nitrogens with zero attached hydrogens (tertiary/aromatic N) is 6. The van der Waals surface area contributed by atoms with Gasteiger partial charge in [0.25, 0.3) is 21.6 Å². The smallest absolute Gasteiger partial charge is 0.293 e. The van der Waals surface area contributed by atoms with Crippen LogP contribution in [0.25, 0.3) is 11.0 Å². The fraction of sp³-hybridized carbons (Fsp3) is 0.439. The summed E-state index contributed by atoms with van der Waals surface area (Å²) in [4.78, 5) is 42.9. The van der Waals surface area contributed by atoms with Crippen molar-refractivity contribution in [3.63, 3.8) is 0 Å². The zero-order valence-electron chi connectivity index (χ0n) is 43.4. The SMILES string of the molecule is COc1ccc(CN2CCN(C3CC4(CCN(c5ccc(C(=O)NS(=O)(=O)c6ccc(NC[C@H]7CN(C8COC8)CCO7)c([N+](=O)[O-])c6)c(Oc6cnc7[nH]ccc7c6)c5)CC4)C3)[C@H](c3ccccc3C(C)C)C2)cc1. The number of hydrogen-bond donors (Lipinski definition) is 3. The van der Waals surface area contributed by atoms with Gasteiger partial charge in [-0.05, 0) is 102 Å². The molecule has 1 spiro atoms. The topological polar surface area (TPSA) is 197 Å². The molecule has 1 amide bonds. The molecule has 76 heavy (non-hydrogen) atoms. The molecule has 4 saturated heterocycles. The molecule has 0 bridgehead atoms. The highest BCUT2D eigenvalue weighted by Crippen LogP contribution is 2.53. The number of anilines is 2. The molecule has 6 aromatic rings. The molecular formula is C57H67N9O9S. The van der Waals surface area contributed by atoms with Crippen molar-refractivity contribution in [2.45, 2.75) is 81.1 Å². The van der Waals surface area contributed by atoms with Gasteiger partial charge in [-0.3, -0.25) is 29.6 Å². The Morgan fingerprint density at radius 3 is 2.47 bits per heavy atom. The van der Waals surface area contributed by atoms with Gasteiger partial charge in [0.1, 0.15) is 28.6 Å². The second-order valence-corrected chi connectivity index (χ2v) is 23.2. The summed E-state index contributed by atoms with van der Waals surface area (Å²) in [5.74, 6) is 0.833. The van der Waals surface area contributed by atoms with Gasteiger partial charge in [0.05, 0.1) is 60.7 Å². The maximum Gasteiger partial charge on any atom is 0.293 e. The molecule has 3 N–H and O–H groups in total. The predicted octanol–water partition coefficient (Wildman–Crippen LogP) is 8.33. The van der Waals surface area contributed by atoms with Gasteiger partial charge in [-0.25, -0.2) is 18.1 Å². The molecule has 4 aliphatic heterocycles. The number of carbonyl (C=O) groups excluding carboxylic acids is 1. The van der Waals surface area contributed by atoms with E-state index in [2.05, 4.69) is 89.9 Å². The minimum atomic E-state index is -4.60. The second-order valence-electron chi connectivity index (χ2n) is 21.5. The summed E-state index contributed by atoms with van der Waals surface area (Å²) >= 11 is 0. The van der Waals surface area contributed by atoms with Gasteiger partial charge < -0.3 is 34.1 Å². The first kappa shape index (κ1) is 51.5. The Balaban J connectivity index is 0.772. The first-order valence-corrected chi connectivity index (χ1v) is 28.0. The number of methoxy groups -OCH3 is 1. The summed E-state index contributed by atoms with van der Waals surface area (Å²) < 4.78 is 53.1. The Hall–Kier alpha value is -6.61. The summed E-state index contributed by atoms with van der Waals surface area (Å²) in [6, 6.07) is 30.9. The van der Waals surface area contributed by atoms with E-state index in [9.17, 15) is 23.3 Å². The molecule has 1 aliphatic carbocycles. The molecule has 1 saturated carbocycles. The van der Waals surface area contributed by atoms with Gasteiger partial charge in [-0.2, -0.15) is 0 Å². The molecule has 2 atom stereocenters. The van der Waals surface area contributed by atoms with Crippen LogP contribution in [0.5, 0.6) is 17.2 Å². The molecule has 5 fully saturated rings. The number of pyridine rings is 1. The molecule has 6 heterocycles. The molecule has 5 aliphatic rings. The molecule has 2 aromatic heterocycles. The summed E-state index contributed by atoms with van der Waals surface area (Å²) in [6.45, 7) is 13.6. The number of hydrogen-bond acceptors (Lipinski definition) is 15. The first-order valence-electron chi connectivity index (χ1n) is 26.5. The second kappa shape index (κ2) is 21.8. The highest BCUT2D eigenvalue weighted by Gasteiger charge is 2.50. The Morgan fingerprint density at radius 2 is 1.72 bits per heavy atom. The number of ether oxygens (including phenoxy) is 4. The number of amides is 1. The Morgan fingerprint density at radius 1 is 0.921 bits per heavy atom. The largest absolute Gasteiger partial charge is 0.497 e. The van der Waals surface area contributed by atoms with E-state index in [1.807, 2.05) is 24.3 Å². The van der Waals surface area contributed by atoms with Crippen LogP contribution in [0.3, 0.4) is 0 Å². The summed E-state index contributed by atoms with van der Waals surface area (Å²) in [5, 5.41) is 16.2. The number of aromatic amines is 1. The normalized spacial score (nSPS) is 20.8. The number of nitro groups is 1. The number of H-pyrrole nitrogens is 1. The maximum atomic E-state index is 14.2. The number of sulfonamides is 1. The number of piperidine rings is 1. The molecule has 0 radical (unpaired) electrons. The zero-order valence-corrected chi connectivity index (χ0v) is 44.2. The number of nitrogens with one attached hydrogen (secondary N) is 3. The van der Waals surface area contributed by atoms with Crippen LogP contribution in [0.1, 0.15) is 78.5 Å². The zero-order chi connectivity index (χ0) is 52.6. The van der Waals surface area contributed by atoms with E-state index in [4.69, 9.17) is 18.9 Å². The minimum absolute atomic E-state index is 0.0303. The molecule has 4 aromatic carbocycles. The van der Waals surface area contributed by atoms with Crippen molar-refractivity contribution in [1.82, 2.24) is 29.4 Å². The van der Waals surface area contributed by atoms with Gasteiger partial charge in [0.15, 0.2) is 0 Å². The van der Waals surface area contributed by atoms with Crippen LogP contribution in [0.4, 0.5) is 17.1 Å². The molecule has 0 unspecified atom stereocenters. The number of benzene rings is 4. The van der Waals surface area contributed by atoms with Crippen molar-refractivity contribution in [2.75, 3.05) is 89.5 Å². The summed E-state index contributed by atoms with van der Waals surface area (Å²) in [6.07, 6.45) is 7.40. The van der Waals surface area contributed by atoms with Gasteiger partial charge in [0.2, 0.25) is 0 Å². The number of carbonyl (C=O) groups is 1. The maximum absolute atomic E-state index is 14.2. The summed E-state index contributed by atoms with van der Waals surface area (Å²) in [7, 11) is -2.90. The summed E-state index contributed by atoms with van der Waals surface area (Å²) in [5.41, 5.74) is 5.53. The monoisotopic (exact) mass is 1050 g/mol. The lowest BCUT2D eigenvalue weighted by molar-refractivity contribution is -0.384. The van der Waals surface area contributed by atoms with Crippen molar-refractivity contribution in [1.29, 1.82) is 0 Å². The van der Waals surface area contributed by atoms with Gasteiger partial charge in [0, 0.05) is 100 Å². The van der Waals surface area contributed by atoms with Crippen LogP contribution in [0, 0.1) is 15.5 Å². The average Bonchev–Trinajstić information content (AvgIpc) is 3.89. The molecule has 19 heteroatoms. The fourth-order valence-electron chi connectivity index (χ4n) is 12.0. The van der Waals surface area contributed by atoms with E-state index < -0.39 is 31.4 Å². The van der Waals surface area contributed by atoms with Crippen molar-refractivity contribution < 1.29 is 37.1 Å². The van der Waals surface area contributed by atoms with Gasteiger partial charge >= 0.3 is 0 Å². The van der Waals surface area contributed by atoms with E-state index >= 15 is 0 Å². The van der Waals surface area contributed by atoms with Crippen molar-refractivity contribution in [3.8, 4) is 17.2 Å². The average molecular weight is 1050 g/mol. The van der Waals surface area contributed by atoms with Crippen LogP contribution in [0.15, 0.2) is 114 Å². The van der Waals surface area contributed by atoms with E-state index in [-0.39, 0.29) is 35.1 Å². The number of piperazine rings is 1. The van der Waals surface area contributed by atoms with E-state index in [1.54, 1.807) is 37.7 Å². The lowest BCUT2D eigenvalue weighted by Crippen LogP contribution is -2.60. The number of fused-ring (bicyclic) bond motifs is 1. The highest BCUT2D eigenvalue weighted by molar-refractivity contribution is 7.90. The van der Waals surface area contributed by atoms with Crippen molar-refractivity contribution in [2.24, 2.45) is 5.41 Å². The molecule has 11 rings (SSSR count). The Labute approximate surface area is 443 Å².